The average Bonchev–Trinajstić information content (AvgIpc) is 3.06. The summed E-state index contributed by atoms with van der Waals surface area (Å²) in [6, 6.07) is 5.96. The largest absolute Gasteiger partial charge is 0.420 e. The van der Waals surface area contributed by atoms with Crippen LogP contribution in [-0.4, -0.2) is 34.1 Å². The summed E-state index contributed by atoms with van der Waals surface area (Å²) in [5.41, 5.74) is 0.700. The van der Waals surface area contributed by atoms with Crippen molar-refractivity contribution in [2.75, 3.05) is 13.1 Å². The molecule has 0 radical (unpaired) electrons. The van der Waals surface area contributed by atoms with Crippen molar-refractivity contribution < 1.29 is 13.6 Å². The van der Waals surface area contributed by atoms with Gasteiger partial charge in [0.05, 0.1) is 0 Å². The van der Waals surface area contributed by atoms with Gasteiger partial charge in [-0.05, 0) is 50.1 Å². The second kappa shape index (κ2) is 6.73. The van der Waals surface area contributed by atoms with Crippen LogP contribution in [0.25, 0.3) is 11.5 Å². The van der Waals surface area contributed by atoms with Gasteiger partial charge in [0.25, 0.3) is 0 Å². The first-order valence-corrected chi connectivity index (χ1v) is 7.68. The molecule has 0 saturated carbocycles. The van der Waals surface area contributed by atoms with Crippen LogP contribution in [0.2, 0.25) is 0 Å². The lowest BCUT2D eigenvalue weighted by atomic mass is 9.97. The van der Waals surface area contributed by atoms with E-state index in [9.17, 15) is 9.18 Å². The third-order valence-electron chi connectivity index (χ3n) is 4.00. The monoisotopic (exact) mass is 315 g/mol. The first-order chi connectivity index (χ1) is 11.2. The Hall–Kier alpha value is -2.50. The lowest BCUT2D eigenvalue weighted by Gasteiger charge is -2.29. The van der Waals surface area contributed by atoms with Crippen molar-refractivity contribution in [1.29, 1.82) is 0 Å². The van der Waals surface area contributed by atoms with Gasteiger partial charge in [0.1, 0.15) is 5.82 Å². The molecule has 2 aromatic rings. The highest BCUT2D eigenvalue weighted by molar-refractivity contribution is 5.87. The standard InChI is InChI=1S/C17H18FN3O2/c1-2-3-15(22)21-10-8-13(9-11-21)17-20-19-16(23-17)12-4-6-14(18)7-5-12/h2-7,13H,8-11H2,1H3. The molecule has 2 heterocycles. The van der Waals surface area contributed by atoms with Gasteiger partial charge >= 0.3 is 0 Å². The third-order valence-corrected chi connectivity index (χ3v) is 4.00. The van der Waals surface area contributed by atoms with E-state index in [1.165, 1.54) is 12.1 Å². The van der Waals surface area contributed by atoms with Crippen molar-refractivity contribution in [2.45, 2.75) is 25.7 Å². The van der Waals surface area contributed by atoms with Crippen molar-refractivity contribution in [1.82, 2.24) is 15.1 Å². The lowest BCUT2D eigenvalue weighted by molar-refractivity contribution is -0.127. The minimum atomic E-state index is -0.299. The first kappa shape index (κ1) is 15.4. The maximum Gasteiger partial charge on any atom is 0.247 e. The highest BCUT2D eigenvalue weighted by Crippen LogP contribution is 2.29. The summed E-state index contributed by atoms with van der Waals surface area (Å²) in [4.78, 5) is 13.6. The Bertz CT molecular complexity index is 701. The summed E-state index contributed by atoms with van der Waals surface area (Å²) in [5, 5.41) is 8.16. The van der Waals surface area contributed by atoms with E-state index in [4.69, 9.17) is 4.42 Å². The molecule has 1 amide bonds. The Morgan fingerprint density at radius 2 is 1.96 bits per heavy atom. The van der Waals surface area contributed by atoms with E-state index < -0.39 is 0 Å². The Balaban J connectivity index is 1.65. The number of allylic oxidation sites excluding steroid dienone is 1. The van der Waals surface area contributed by atoms with Gasteiger partial charge in [0.15, 0.2) is 0 Å². The van der Waals surface area contributed by atoms with Crippen LogP contribution >= 0.6 is 0 Å². The minimum Gasteiger partial charge on any atom is -0.420 e. The van der Waals surface area contributed by atoms with Gasteiger partial charge < -0.3 is 9.32 Å². The van der Waals surface area contributed by atoms with Crippen molar-refractivity contribution in [2.24, 2.45) is 0 Å². The third kappa shape index (κ3) is 3.47. The highest BCUT2D eigenvalue weighted by atomic mass is 19.1. The number of nitrogens with zero attached hydrogens (tertiary/aromatic N) is 3. The quantitative estimate of drug-likeness (QED) is 0.816. The number of piperidine rings is 1. The van der Waals surface area contributed by atoms with Crippen molar-refractivity contribution in [3.63, 3.8) is 0 Å². The van der Waals surface area contributed by atoms with Crippen LogP contribution in [0.15, 0.2) is 40.8 Å². The molecule has 0 atom stereocenters. The number of benzene rings is 1. The number of amides is 1. The number of halogens is 1. The maximum atomic E-state index is 13.0. The summed E-state index contributed by atoms with van der Waals surface area (Å²) in [7, 11) is 0. The number of hydrogen-bond donors (Lipinski definition) is 0. The molecule has 1 aromatic carbocycles. The number of likely N-dealkylation sites (tertiary alicyclic amines) is 1. The topological polar surface area (TPSA) is 59.2 Å². The van der Waals surface area contributed by atoms with Crippen molar-refractivity contribution in [3.8, 4) is 11.5 Å². The van der Waals surface area contributed by atoms with E-state index in [0.29, 0.717) is 30.4 Å². The maximum absolute atomic E-state index is 13.0. The summed E-state index contributed by atoms with van der Waals surface area (Å²) in [6.45, 7) is 3.20. The van der Waals surface area contributed by atoms with E-state index in [2.05, 4.69) is 10.2 Å². The molecular weight excluding hydrogens is 297 g/mol. The van der Waals surface area contributed by atoms with Crippen LogP contribution in [-0.2, 0) is 4.79 Å². The molecule has 1 aromatic heterocycles. The zero-order chi connectivity index (χ0) is 16.2. The Kier molecular flexibility index (Phi) is 4.50. The number of carbonyl (C=O) groups excluding carboxylic acids is 1. The molecule has 5 nitrogen and oxygen atoms in total. The molecule has 1 aliphatic rings. The summed E-state index contributed by atoms with van der Waals surface area (Å²) < 4.78 is 18.7. The molecular formula is C17H18FN3O2. The Labute approximate surface area is 133 Å². The smallest absolute Gasteiger partial charge is 0.247 e. The van der Waals surface area contributed by atoms with Crippen LogP contribution in [0.3, 0.4) is 0 Å². The molecule has 6 heteroatoms. The molecule has 3 rings (SSSR count). The lowest BCUT2D eigenvalue weighted by Crippen LogP contribution is -2.36. The molecule has 1 saturated heterocycles. The summed E-state index contributed by atoms with van der Waals surface area (Å²) in [6.07, 6.45) is 4.93. The molecule has 0 bridgehead atoms. The van der Waals surface area contributed by atoms with E-state index in [1.54, 1.807) is 24.3 Å². The van der Waals surface area contributed by atoms with Gasteiger partial charge in [-0.3, -0.25) is 4.79 Å². The molecule has 0 spiro atoms. The van der Waals surface area contributed by atoms with Crippen LogP contribution in [0.5, 0.6) is 0 Å². The zero-order valence-electron chi connectivity index (χ0n) is 12.9. The van der Waals surface area contributed by atoms with Gasteiger partial charge in [0, 0.05) is 24.6 Å². The van der Waals surface area contributed by atoms with Gasteiger partial charge in [-0.2, -0.15) is 0 Å². The average molecular weight is 315 g/mol. The fourth-order valence-corrected chi connectivity index (χ4v) is 2.70. The molecule has 0 aliphatic carbocycles. The van der Waals surface area contributed by atoms with Crippen LogP contribution in [0, 0.1) is 5.82 Å². The van der Waals surface area contributed by atoms with Crippen LogP contribution < -0.4 is 0 Å². The molecule has 1 fully saturated rings. The summed E-state index contributed by atoms with van der Waals surface area (Å²) in [5.74, 6) is 0.886. The Morgan fingerprint density at radius 3 is 2.61 bits per heavy atom. The zero-order valence-corrected chi connectivity index (χ0v) is 12.9. The SMILES string of the molecule is CC=CC(=O)N1CCC(c2nnc(-c3ccc(F)cc3)o2)CC1. The van der Waals surface area contributed by atoms with Gasteiger partial charge in [-0.1, -0.05) is 6.08 Å². The normalized spacial score (nSPS) is 16.2. The predicted molar refractivity (Wildman–Crippen MR) is 83.1 cm³/mol. The molecule has 0 N–H and O–H groups in total. The molecule has 0 unspecified atom stereocenters. The minimum absolute atomic E-state index is 0.0449. The number of hydrogen-bond acceptors (Lipinski definition) is 4. The highest BCUT2D eigenvalue weighted by Gasteiger charge is 2.26. The second-order valence-electron chi connectivity index (χ2n) is 5.55. The molecule has 120 valence electrons. The van der Waals surface area contributed by atoms with Gasteiger partial charge in [0.2, 0.25) is 17.7 Å². The number of rotatable bonds is 3. The van der Waals surface area contributed by atoms with E-state index in [1.807, 2.05) is 11.8 Å². The molecule has 23 heavy (non-hydrogen) atoms. The van der Waals surface area contributed by atoms with Gasteiger partial charge in [-0.15, -0.1) is 10.2 Å². The van der Waals surface area contributed by atoms with E-state index in [0.717, 1.165) is 12.8 Å². The number of carbonyl (C=O) groups is 1. The Morgan fingerprint density at radius 1 is 1.26 bits per heavy atom. The number of aromatic nitrogens is 2. The van der Waals surface area contributed by atoms with Crippen molar-refractivity contribution in [3.05, 3.63) is 48.1 Å². The second-order valence-corrected chi connectivity index (χ2v) is 5.55. The van der Waals surface area contributed by atoms with Crippen molar-refractivity contribution >= 4 is 5.91 Å². The fourth-order valence-electron chi connectivity index (χ4n) is 2.70. The van der Waals surface area contributed by atoms with Crippen LogP contribution in [0.4, 0.5) is 4.39 Å². The fraction of sp³-hybridized carbons (Fsp3) is 0.353. The van der Waals surface area contributed by atoms with E-state index in [-0.39, 0.29) is 17.6 Å². The predicted octanol–water partition coefficient (Wildman–Crippen LogP) is 3.16. The molecule has 1 aliphatic heterocycles. The first-order valence-electron chi connectivity index (χ1n) is 7.68. The van der Waals surface area contributed by atoms with Gasteiger partial charge in [-0.25, -0.2) is 4.39 Å². The summed E-state index contributed by atoms with van der Waals surface area (Å²) >= 11 is 0. The van der Waals surface area contributed by atoms with Crippen LogP contribution in [0.1, 0.15) is 31.6 Å². The van der Waals surface area contributed by atoms with E-state index >= 15 is 0 Å².